The minimum absolute atomic E-state index is 0.0873. The highest BCUT2D eigenvalue weighted by atomic mass is 16.1. The number of hydrogen-bond acceptors (Lipinski definition) is 3. The molecule has 19 heavy (non-hydrogen) atoms. The van der Waals surface area contributed by atoms with Crippen LogP contribution in [0.5, 0.6) is 0 Å². The van der Waals surface area contributed by atoms with E-state index in [1.807, 2.05) is 6.20 Å². The smallest absolute Gasteiger partial charge is 0.268 e. The van der Waals surface area contributed by atoms with Crippen LogP contribution in [-0.4, -0.2) is 10.2 Å². The van der Waals surface area contributed by atoms with Gasteiger partial charge in [0, 0.05) is 12.1 Å². The average Bonchev–Trinajstić information content (AvgIpc) is 2.36. The van der Waals surface area contributed by atoms with Gasteiger partial charge < -0.3 is 5.73 Å². The predicted octanol–water partition coefficient (Wildman–Crippen LogP) is 1.70. The van der Waals surface area contributed by atoms with E-state index in [9.17, 15) is 4.79 Å². The van der Waals surface area contributed by atoms with Gasteiger partial charge in [-0.15, -0.1) is 0 Å². The monoisotopic (exact) mass is 259 g/mol. The third-order valence-electron chi connectivity index (χ3n) is 5.77. The molecule has 1 aromatic rings. The molecule has 0 unspecified atom stereocenters. The van der Waals surface area contributed by atoms with Crippen molar-refractivity contribution in [3.63, 3.8) is 0 Å². The molecule has 1 aromatic heterocycles. The standard InChI is InChI=1S/C15H21N3O/c16-7-12-13(8-17-18-14(12)19)15-4-9-1-10(5-15)3-11(2-9)6-15/h8-11H,1-7,16H2,(H,18,19). The van der Waals surface area contributed by atoms with E-state index in [0.717, 1.165) is 28.9 Å². The first-order chi connectivity index (χ1) is 9.20. The number of H-pyrrole nitrogens is 1. The van der Waals surface area contributed by atoms with Gasteiger partial charge in [-0.1, -0.05) is 0 Å². The maximum Gasteiger partial charge on any atom is 0.268 e. The van der Waals surface area contributed by atoms with E-state index < -0.39 is 0 Å². The van der Waals surface area contributed by atoms with Gasteiger partial charge >= 0.3 is 0 Å². The first kappa shape index (κ1) is 11.6. The van der Waals surface area contributed by atoms with Crippen LogP contribution >= 0.6 is 0 Å². The summed E-state index contributed by atoms with van der Waals surface area (Å²) in [5, 5.41) is 6.59. The van der Waals surface area contributed by atoms with E-state index in [-0.39, 0.29) is 11.0 Å². The lowest BCUT2D eigenvalue weighted by Crippen LogP contribution is -2.49. The van der Waals surface area contributed by atoms with Crippen LogP contribution in [0, 0.1) is 17.8 Å². The van der Waals surface area contributed by atoms with Gasteiger partial charge in [0.25, 0.3) is 5.56 Å². The number of nitrogens with two attached hydrogens (primary N) is 1. The number of aromatic amines is 1. The van der Waals surface area contributed by atoms with Crippen LogP contribution < -0.4 is 11.3 Å². The second-order valence-electron chi connectivity index (χ2n) is 6.99. The van der Waals surface area contributed by atoms with Crippen molar-refractivity contribution in [1.82, 2.24) is 10.2 Å². The fraction of sp³-hybridized carbons (Fsp3) is 0.733. The Hall–Kier alpha value is -1.16. The Morgan fingerprint density at radius 3 is 2.32 bits per heavy atom. The fourth-order valence-corrected chi connectivity index (χ4v) is 5.52. The Bertz CT molecular complexity index is 527. The van der Waals surface area contributed by atoms with Crippen molar-refractivity contribution < 1.29 is 0 Å². The summed E-state index contributed by atoms with van der Waals surface area (Å²) in [7, 11) is 0. The molecule has 4 aliphatic carbocycles. The summed E-state index contributed by atoms with van der Waals surface area (Å²) in [6.07, 6.45) is 9.86. The minimum atomic E-state index is -0.0873. The molecule has 102 valence electrons. The summed E-state index contributed by atoms with van der Waals surface area (Å²) >= 11 is 0. The normalized spacial score (nSPS) is 39.7. The zero-order chi connectivity index (χ0) is 13.0. The summed E-state index contributed by atoms with van der Waals surface area (Å²) < 4.78 is 0. The zero-order valence-corrected chi connectivity index (χ0v) is 11.2. The highest BCUT2D eigenvalue weighted by molar-refractivity contribution is 5.33. The number of rotatable bonds is 2. The average molecular weight is 259 g/mol. The first-order valence-electron chi connectivity index (χ1n) is 7.47. The molecule has 0 spiro atoms. The van der Waals surface area contributed by atoms with E-state index in [1.165, 1.54) is 38.5 Å². The molecule has 0 aromatic carbocycles. The first-order valence-corrected chi connectivity index (χ1v) is 7.47. The molecular formula is C15H21N3O. The second kappa shape index (κ2) is 3.92. The van der Waals surface area contributed by atoms with Gasteiger partial charge in [0.2, 0.25) is 0 Å². The van der Waals surface area contributed by atoms with Crippen molar-refractivity contribution in [1.29, 1.82) is 0 Å². The molecule has 5 rings (SSSR count). The summed E-state index contributed by atoms with van der Waals surface area (Å²) in [6, 6.07) is 0. The van der Waals surface area contributed by atoms with Crippen LogP contribution in [0.15, 0.2) is 11.0 Å². The molecule has 0 radical (unpaired) electrons. The van der Waals surface area contributed by atoms with Crippen LogP contribution in [0.4, 0.5) is 0 Å². The minimum Gasteiger partial charge on any atom is -0.326 e. The Morgan fingerprint density at radius 1 is 1.21 bits per heavy atom. The lowest BCUT2D eigenvalue weighted by Gasteiger charge is -2.57. The van der Waals surface area contributed by atoms with E-state index in [1.54, 1.807) is 0 Å². The number of nitrogens with one attached hydrogen (secondary N) is 1. The molecule has 0 saturated heterocycles. The van der Waals surface area contributed by atoms with Crippen molar-refractivity contribution in [2.75, 3.05) is 0 Å². The molecule has 0 aliphatic heterocycles. The van der Waals surface area contributed by atoms with Gasteiger partial charge in [-0.05, 0) is 67.3 Å². The maximum atomic E-state index is 12.0. The van der Waals surface area contributed by atoms with E-state index in [0.29, 0.717) is 6.54 Å². The van der Waals surface area contributed by atoms with E-state index in [2.05, 4.69) is 10.2 Å². The lowest BCUT2D eigenvalue weighted by atomic mass is 9.48. The highest BCUT2D eigenvalue weighted by Crippen LogP contribution is 2.60. The Balaban J connectivity index is 1.84. The Morgan fingerprint density at radius 2 is 1.79 bits per heavy atom. The van der Waals surface area contributed by atoms with Crippen molar-refractivity contribution in [2.45, 2.75) is 50.5 Å². The van der Waals surface area contributed by atoms with Crippen LogP contribution in [0.2, 0.25) is 0 Å². The van der Waals surface area contributed by atoms with Gasteiger partial charge in [-0.25, -0.2) is 5.10 Å². The van der Waals surface area contributed by atoms with Gasteiger partial charge in [0.05, 0.1) is 6.20 Å². The second-order valence-corrected chi connectivity index (χ2v) is 6.99. The zero-order valence-electron chi connectivity index (χ0n) is 11.2. The summed E-state index contributed by atoms with van der Waals surface area (Å²) in [5.41, 5.74) is 7.89. The van der Waals surface area contributed by atoms with Crippen LogP contribution in [0.3, 0.4) is 0 Å². The van der Waals surface area contributed by atoms with Crippen LogP contribution in [-0.2, 0) is 12.0 Å². The van der Waals surface area contributed by atoms with Crippen molar-refractivity contribution in [2.24, 2.45) is 23.5 Å². The maximum absolute atomic E-state index is 12.0. The highest BCUT2D eigenvalue weighted by Gasteiger charge is 2.52. The third kappa shape index (κ3) is 1.62. The quantitative estimate of drug-likeness (QED) is 0.849. The van der Waals surface area contributed by atoms with Crippen molar-refractivity contribution in [3.05, 3.63) is 27.7 Å². The van der Waals surface area contributed by atoms with Gasteiger partial charge in [0.15, 0.2) is 0 Å². The topological polar surface area (TPSA) is 71.8 Å². The molecule has 4 heteroatoms. The Labute approximate surface area is 112 Å². The molecule has 4 bridgehead atoms. The summed E-state index contributed by atoms with van der Waals surface area (Å²) in [5.74, 6) is 2.61. The molecule has 4 aliphatic rings. The van der Waals surface area contributed by atoms with Crippen molar-refractivity contribution >= 4 is 0 Å². The molecule has 4 nitrogen and oxygen atoms in total. The van der Waals surface area contributed by atoms with E-state index >= 15 is 0 Å². The van der Waals surface area contributed by atoms with Gasteiger partial charge in [-0.3, -0.25) is 4.79 Å². The predicted molar refractivity (Wildman–Crippen MR) is 72.6 cm³/mol. The van der Waals surface area contributed by atoms with E-state index in [4.69, 9.17) is 5.73 Å². The Kier molecular flexibility index (Phi) is 2.40. The lowest BCUT2D eigenvalue weighted by molar-refractivity contribution is -0.00586. The van der Waals surface area contributed by atoms with Crippen LogP contribution in [0.25, 0.3) is 0 Å². The third-order valence-corrected chi connectivity index (χ3v) is 5.77. The van der Waals surface area contributed by atoms with Gasteiger partial charge in [-0.2, -0.15) is 5.10 Å². The van der Waals surface area contributed by atoms with Crippen LogP contribution in [0.1, 0.15) is 49.7 Å². The van der Waals surface area contributed by atoms with Crippen molar-refractivity contribution in [3.8, 4) is 0 Å². The number of nitrogens with zero attached hydrogens (tertiary/aromatic N) is 1. The largest absolute Gasteiger partial charge is 0.326 e. The fourth-order valence-electron chi connectivity index (χ4n) is 5.52. The summed E-state index contributed by atoms with van der Waals surface area (Å²) in [6.45, 7) is 0.328. The molecule has 1 heterocycles. The molecular weight excluding hydrogens is 238 g/mol. The molecule has 0 atom stereocenters. The molecule has 4 saturated carbocycles. The SMILES string of the molecule is NCc1c(C23CC4CC(CC(C4)C2)C3)cn[nH]c1=O. The molecule has 4 fully saturated rings. The molecule has 3 N–H and O–H groups in total. The summed E-state index contributed by atoms with van der Waals surface area (Å²) in [4.78, 5) is 12.0. The number of aromatic nitrogens is 2. The number of hydrogen-bond donors (Lipinski definition) is 2. The molecule has 0 amide bonds. The van der Waals surface area contributed by atoms with Gasteiger partial charge in [0.1, 0.15) is 0 Å².